The predicted octanol–water partition coefficient (Wildman–Crippen LogP) is 2.07. The number of rotatable bonds is 6. The van der Waals surface area contributed by atoms with E-state index in [0.29, 0.717) is 31.8 Å². The second-order valence-corrected chi connectivity index (χ2v) is 6.15. The quantitative estimate of drug-likeness (QED) is 0.871. The largest absolute Gasteiger partial charge is 0.486 e. The number of hydrogen-bond acceptors (Lipinski definition) is 5. The molecule has 1 amide bonds. The summed E-state index contributed by atoms with van der Waals surface area (Å²) in [6.07, 6.45) is 5.09. The fourth-order valence-corrected chi connectivity index (χ4v) is 2.76. The van der Waals surface area contributed by atoms with Gasteiger partial charge < -0.3 is 14.8 Å². The van der Waals surface area contributed by atoms with Crippen molar-refractivity contribution < 1.29 is 14.3 Å². The molecule has 1 aliphatic heterocycles. The van der Waals surface area contributed by atoms with Gasteiger partial charge in [-0.15, -0.1) is 0 Å². The topological polar surface area (TPSA) is 73.3 Å². The number of aryl methyl sites for hydroxylation is 2. The highest BCUT2D eigenvalue weighted by Crippen LogP contribution is 2.18. The van der Waals surface area contributed by atoms with Gasteiger partial charge in [-0.05, 0) is 37.6 Å². The van der Waals surface area contributed by atoms with E-state index in [1.807, 2.05) is 37.3 Å². The Labute approximate surface area is 147 Å². The summed E-state index contributed by atoms with van der Waals surface area (Å²) < 4.78 is 11.5. The van der Waals surface area contributed by atoms with Crippen LogP contribution in [-0.2, 0) is 16.0 Å². The lowest BCUT2D eigenvalue weighted by molar-refractivity contribution is -0.124. The van der Waals surface area contributed by atoms with Crippen molar-refractivity contribution in [3.05, 3.63) is 54.1 Å². The zero-order valence-corrected chi connectivity index (χ0v) is 14.4. The van der Waals surface area contributed by atoms with Crippen LogP contribution in [-0.4, -0.2) is 41.2 Å². The van der Waals surface area contributed by atoms with Crippen molar-refractivity contribution in [2.75, 3.05) is 13.2 Å². The number of pyridine rings is 2. The SMILES string of the molecule is Cc1ccc(O[C@@H]2CCOC[C@@H]2NC(=O)CCc2ccccn2)cn1. The van der Waals surface area contributed by atoms with Gasteiger partial charge in [-0.2, -0.15) is 0 Å². The Balaban J connectivity index is 1.53. The summed E-state index contributed by atoms with van der Waals surface area (Å²) >= 11 is 0. The first-order valence-corrected chi connectivity index (χ1v) is 8.57. The smallest absolute Gasteiger partial charge is 0.220 e. The fourth-order valence-electron chi connectivity index (χ4n) is 2.76. The molecule has 25 heavy (non-hydrogen) atoms. The third-order valence-corrected chi connectivity index (χ3v) is 4.15. The van der Waals surface area contributed by atoms with E-state index >= 15 is 0 Å². The fraction of sp³-hybridized carbons (Fsp3) is 0.421. The molecule has 0 bridgehead atoms. The molecule has 3 rings (SSSR count). The Morgan fingerprint density at radius 3 is 3.00 bits per heavy atom. The van der Waals surface area contributed by atoms with Gasteiger partial charge in [0.25, 0.3) is 0 Å². The molecular weight excluding hydrogens is 318 g/mol. The number of carbonyl (C=O) groups is 1. The number of nitrogens with one attached hydrogen (secondary N) is 1. The van der Waals surface area contributed by atoms with Gasteiger partial charge in [0, 0.05) is 30.4 Å². The van der Waals surface area contributed by atoms with Crippen LogP contribution in [0.5, 0.6) is 5.75 Å². The Morgan fingerprint density at radius 1 is 1.32 bits per heavy atom. The maximum Gasteiger partial charge on any atom is 0.220 e. The molecule has 0 aromatic carbocycles. The van der Waals surface area contributed by atoms with E-state index in [2.05, 4.69) is 15.3 Å². The number of nitrogens with zero attached hydrogens (tertiary/aromatic N) is 2. The molecule has 1 aliphatic rings. The van der Waals surface area contributed by atoms with Crippen molar-refractivity contribution in [1.29, 1.82) is 0 Å². The lowest BCUT2D eigenvalue weighted by Gasteiger charge is -2.32. The molecular formula is C19H23N3O3. The maximum absolute atomic E-state index is 12.3. The van der Waals surface area contributed by atoms with Gasteiger partial charge in [0.15, 0.2) is 0 Å². The van der Waals surface area contributed by atoms with Gasteiger partial charge >= 0.3 is 0 Å². The maximum atomic E-state index is 12.3. The minimum Gasteiger partial charge on any atom is -0.486 e. The lowest BCUT2D eigenvalue weighted by Crippen LogP contribution is -2.51. The van der Waals surface area contributed by atoms with Crippen LogP contribution in [0.1, 0.15) is 24.2 Å². The second-order valence-electron chi connectivity index (χ2n) is 6.15. The van der Waals surface area contributed by atoms with Crippen LogP contribution >= 0.6 is 0 Å². The van der Waals surface area contributed by atoms with Crippen molar-refractivity contribution in [3.63, 3.8) is 0 Å². The van der Waals surface area contributed by atoms with Crippen LogP contribution < -0.4 is 10.1 Å². The van der Waals surface area contributed by atoms with Crippen LogP contribution in [0.15, 0.2) is 42.7 Å². The molecule has 1 fully saturated rings. The van der Waals surface area contributed by atoms with E-state index in [1.54, 1.807) is 12.4 Å². The second kappa shape index (κ2) is 8.58. The summed E-state index contributed by atoms with van der Waals surface area (Å²) in [6.45, 7) is 3.02. The highest BCUT2D eigenvalue weighted by Gasteiger charge is 2.29. The molecule has 1 N–H and O–H groups in total. The molecule has 1 saturated heterocycles. The number of hydrogen-bond donors (Lipinski definition) is 1. The Bertz CT molecular complexity index is 676. The van der Waals surface area contributed by atoms with Crippen LogP contribution in [0.4, 0.5) is 0 Å². The van der Waals surface area contributed by atoms with Crippen LogP contribution in [0.3, 0.4) is 0 Å². The van der Waals surface area contributed by atoms with E-state index in [1.165, 1.54) is 0 Å². The third-order valence-electron chi connectivity index (χ3n) is 4.15. The molecule has 132 valence electrons. The first-order valence-electron chi connectivity index (χ1n) is 8.57. The van der Waals surface area contributed by atoms with Crippen LogP contribution in [0, 0.1) is 6.92 Å². The molecule has 0 radical (unpaired) electrons. The highest BCUT2D eigenvalue weighted by atomic mass is 16.5. The van der Waals surface area contributed by atoms with Crippen molar-refractivity contribution in [1.82, 2.24) is 15.3 Å². The van der Waals surface area contributed by atoms with Crippen LogP contribution in [0.25, 0.3) is 0 Å². The molecule has 2 atom stereocenters. The molecule has 0 spiro atoms. The van der Waals surface area contributed by atoms with Gasteiger partial charge in [0.1, 0.15) is 11.9 Å². The zero-order valence-electron chi connectivity index (χ0n) is 14.4. The summed E-state index contributed by atoms with van der Waals surface area (Å²) in [5.74, 6) is 0.696. The normalized spacial score (nSPS) is 20.0. The molecule has 6 nitrogen and oxygen atoms in total. The van der Waals surface area contributed by atoms with Gasteiger partial charge in [0.05, 0.1) is 25.5 Å². The van der Waals surface area contributed by atoms with Crippen molar-refractivity contribution in [2.24, 2.45) is 0 Å². The lowest BCUT2D eigenvalue weighted by atomic mass is 10.1. The van der Waals surface area contributed by atoms with Crippen molar-refractivity contribution in [2.45, 2.75) is 38.3 Å². The monoisotopic (exact) mass is 341 g/mol. The Kier molecular flexibility index (Phi) is 5.95. The summed E-state index contributed by atoms with van der Waals surface area (Å²) in [4.78, 5) is 20.7. The van der Waals surface area contributed by atoms with E-state index in [-0.39, 0.29) is 18.1 Å². The van der Waals surface area contributed by atoms with Gasteiger partial charge in [-0.25, -0.2) is 0 Å². The molecule has 0 aliphatic carbocycles. The first-order chi connectivity index (χ1) is 12.2. The van der Waals surface area contributed by atoms with Crippen LogP contribution in [0.2, 0.25) is 0 Å². The van der Waals surface area contributed by atoms with E-state index in [4.69, 9.17) is 9.47 Å². The predicted molar refractivity (Wildman–Crippen MR) is 93.3 cm³/mol. The number of aromatic nitrogens is 2. The van der Waals surface area contributed by atoms with Gasteiger partial charge in [-0.3, -0.25) is 14.8 Å². The average Bonchev–Trinajstić information content (AvgIpc) is 2.64. The first kappa shape index (κ1) is 17.4. The molecule has 6 heteroatoms. The van der Waals surface area contributed by atoms with E-state index in [0.717, 1.165) is 17.8 Å². The Hall–Kier alpha value is -2.47. The average molecular weight is 341 g/mol. The number of ether oxygens (including phenoxy) is 2. The standard InChI is InChI=1S/C19H23N3O3/c1-14-5-7-16(12-21-14)25-18-9-11-24-13-17(18)22-19(23)8-6-15-4-2-3-10-20-15/h2-5,7,10,12,17-18H,6,8-9,11,13H2,1H3,(H,22,23)/t17-,18+/m0/s1. The Morgan fingerprint density at radius 2 is 2.24 bits per heavy atom. The van der Waals surface area contributed by atoms with Crippen molar-refractivity contribution in [3.8, 4) is 5.75 Å². The summed E-state index contributed by atoms with van der Waals surface area (Å²) in [5, 5.41) is 3.03. The molecule has 2 aromatic rings. The zero-order chi connectivity index (χ0) is 17.5. The molecule has 2 aromatic heterocycles. The van der Waals surface area contributed by atoms with E-state index < -0.39 is 0 Å². The highest BCUT2D eigenvalue weighted by molar-refractivity contribution is 5.76. The van der Waals surface area contributed by atoms with Crippen molar-refractivity contribution >= 4 is 5.91 Å². The number of carbonyl (C=O) groups excluding carboxylic acids is 1. The third kappa shape index (κ3) is 5.26. The molecule has 0 unspecified atom stereocenters. The van der Waals surface area contributed by atoms with E-state index in [9.17, 15) is 4.79 Å². The summed E-state index contributed by atoms with van der Waals surface area (Å²) in [7, 11) is 0. The minimum absolute atomic E-state index is 0.0169. The molecule has 0 saturated carbocycles. The molecule has 3 heterocycles. The van der Waals surface area contributed by atoms with Gasteiger partial charge in [-0.1, -0.05) is 6.07 Å². The van der Waals surface area contributed by atoms with Gasteiger partial charge in [0.2, 0.25) is 5.91 Å². The summed E-state index contributed by atoms with van der Waals surface area (Å²) in [6, 6.07) is 9.37. The number of amides is 1. The minimum atomic E-state index is -0.161. The summed E-state index contributed by atoms with van der Waals surface area (Å²) in [5.41, 5.74) is 1.86.